The number of benzene rings is 1. The number of nitrogens with zero attached hydrogens (tertiary/aromatic N) is 1. The Hall–Kier alpha value is -2.34. The monoisotopic (exact) mass is 341 g/mol. The second kappa shape index (κ2) is 6.19. The number of aromatic nitrogens is 1. The topological polar surface area (TPSA) is 86.5 Å². The maximum atomic E-state index is 11.8. The lowest BCUT2D eigenvalue weighted by Gasteiger charge is -2.15. The average molecular weight is 341 g/mol. The molecule has 132 valence electrons. The zero-order chi connectivity index (χ0) is 17.6. The van der Waals surface area contributed by atoms with Crippen LogP contribution < -0.4 is 20.5 Å². The minimum absolute atomic E-state index is 0.0603. The van der Waals surface area contributed by atoms with Gasteiger partial charge in [0.2, 0.25) is 5.88 Å². The Morgan fingerprint density at radius 2 is 2.12 bits per heavy atom. The molecule has 6 nitrogen and oxygen atoms in total. The molecular weight excluding hydrogens is 318 g/mol. The fourth-order valence-corrected chi connectivity index (χ4v) is 3.80. The van der Waals surface area contributed by atoms with Gasteiger partial charge in [-0.2, -0.15) is 0 Å². The van der Waals surface area contributed by atoms with Crippen molar-refractivity contribution in [1.82, 2.24) is 10.3 Å². The molecule has 25 heavy (non-hydrogen) atoms. The summed E-state index contributed by atoms with van der Waals surface area (Å²) in [4.78, 5) is 16.1. The summed E-state index contributed by atoms with van der Waals surface area (Å²) in [5.41, 5.74) is 5.88. The zero-order valence-corrected chi connectivity index (χ0v) is 14.5. The van der Waals surface area contributed by atoms with E-state index in [9.17, 15) is 4.79 Å². The van der Waals surface area contributed by atoms with Crippen molar-refractivity contribution < 1.29 is 14.3 Å². The highest BCUT2D eigenvalue weighted by atomic mass is 16.5. The van der Waals surface area contributed by atoms with Crippen molar-refractivity contribution in [2.45, 2.75) is 20.0 Å². The molecule has 3 N–H and O–H groups in total. The molecule has 1 aliphatic carbocycles. The predicted molar refractivity (Wildman–Crippen MR) is 94.9 cm³/mol. The summed E-state index contributed by atoms with van der Waals surface area (Å²) in [6, 6.07) is 5.41. The number of carbonyl (C=O) groups excluding carboxylic acids is 1. The first kappa shape index (κ1) is 16.1. The number of piperidine rings is 1. The van der Waals surface area contributed by atoms with Crippen LogP contribution in [-0.2, 0) is 0 Å². The molecular formula is C19H23N3O3. The van der Waals surface area contributed by atoms with E-state index in [1.54, 1.807) is 12.3 Å². The Bertz CT molecular complexity index is 811. The van der Waals surface area contributed by atoms with Crippen molar-refractivity contribution in [2.75, 3.05) is 19.7 Å². The third kappa shape index (κ3) is 3.02. The molecule has 1 amide bonds. The molecule has 0 bridgehead atoms. The summed E-state index contributed by atoms with van der Waals surface area (Å²) in [6.45, 7) is 6.69. The van der Waals surface area contributed by atoms with E-state index < -0.39 is 5.91 Å². The Kier molecular flexibility index (Phi) is 4.00. The Labute approximate surface area is 146 Å². The number of pyridine rings is 1. The molecule has 2 atom stereocenters. The average Bonchev–Trinajstić information content (AvgIpc) is 2.99. The van der Waals surface area contributed by atoms with Crippen molar-refractivity contribution in [2.24, 2.45) is 23.5 Å². The molecule has 0 radical (unpaired) electrons. The van der Waals surface area contributed by atoms with Crippen molar-refractivity contribution >= 4 is 16.7 Å². The SMILES string of the molecule is CC(C)Oc1cc2c(OCC3C4CNCC43)nccc2cc1C(N)=O. The lowest BCUT2D eigenvalue weighted by Crippen LogP contribution is -2.18. The van der Waals surface area contributed by atoms with Gasteiger partial charge in [-0.15, -0.1) is 0 Å². The number of hydrogen-bond donors (Lipinski definition) is 2. The fraction of sp³-hybridized carbons (Fsp3) is 0.474. The Balaban J connectivity index is 1.63. The number of ether oxygens (including phenoxy) is 2. The first-order valence-electron chi connectivity index (χ1n) is 8.77. The van der Waals surface area contributed by atoms with Gasteiger partial charge in [0.05, 0.1) is 18.3 Å². The molecule has 2 aromatic rings. The highest BCUT2D eigenvalue weighted by Gasteiger charge is 2.53. The Morgan fingerprint density at radius 3 is 2.80 bits per heavy atom. The summed E-state index contributed by atoms with van der Waals surface area (Å²) >= 11 is 0. The van der Waals surface area contributed by atoms with E-state index in [1.165, 1.54) is 0 Å². The van der Waals surface area contributed by atoms with Crippen LogP contribution in [0.4, 0.5) is 0 Å². The minimum atomic E-state index is -0.505. The molecule has 1 aromatic carbocycles. The van der Waals surface area contributed by atoms with Gasteiger partial charge in [-0.1, -0.05) is 0 Å². The summed E-state index contributed by atoms with van der Waals surface area (Å²) in [6.07, 6.45) is 1.63. The van der Waals surface area contributed by atoms with Crippen LogP contribution in [0.3, 0.4) is 0 Å². The standard InChI is InChI=1S/C19H23N3O3/c1-10(2)25-17-6-12-11(5-13(17)18(20)23)3-4-22-19(12)24-9-16-14-7-21-8-15(14)16/h3-6,10,14-16,21H,7-9H2,1-2H3,(H2,20,23). The predicted octanol–water partition coefficient (Wildman–Crippen LogP) is 1.97. The number of nitrogens with one attached hydrogen (secondary N) is 1. The largest absolute Gasteiger partial charge is 0.490 e. The highest BCUT2D eigenvalue weighted by molar-refractivity contribution is 6.01. The van der Waals surface area contributed by atoms with Crippen LogP contribution in [0.25, 0.3) is 10.8 Å². The van der Waals surface area contributed by atoms with Gasteiger partial charge in [0.25, 0.3) is 5.91 Å². The Morgan fingerprint density at radius 1 is 1.36 bits per heavy atom. The van der Waals surface area contributed by atoms with E-state index in [2.05, 4.69) is 10.3 Å². The summed E-state index contributed by atoms with van der Waals surface area (Å²) in [7, 11) is 0. The van der Waals surface area contributed by atoms with E-state index in [0.717, 1.165) is 35.7 Å². The smallest absolute Gasteiger partial charge is 0.252 e. The summed E-state index contributed by atoms with van der Waals surface area (Å²) in [5.74, 6) is 2.66. The molecule has 1 aromatic heterocycles. The van der Waals surface area contributed by atoms with E-state index in [1.807, 2.05) is 26.0 Å². The van der Waals surface area contributed by atoms with Crippen LogP contribution in [0.5, 0.6) is 11.6 Å². The van der Waals surface area contributed by atoms with Crippen molar-refractivity contribution in [3.8, 4) is 11.6 Å². The first-order valence-corrected chi connectivity index (χ1v) is 8.77. The van der Waals surface area contributed by atoms with E-state index in [-0.39, 0.29) is 6.10 Å². The van der Waals surface area contributed by atoms with E-state index in [4.69, 9.17) is 15.2 Å². The highest BCUT2D eigenvalue weighted by Crippen LogP contribution is 2.48. The van der Waals surface area contributed by atoms with Gasteiger partial charge in [-0.25, -0.2) is 4.98 Å². The fourth-order valence-electron chi connectivity index (χ4n) is 3.80. The second-order valence-corrected chi connectivity index (χ2v) is 7.18. The molecule has 2 unspecified atom stereocenters. The van der Waals surface area contributed by atoms with Gasteiger partial charge in [0.1, 0.15) is 5.75 Å². The minimum Gasteiger partial charge on any atom is -0.490 e. The molecule has 1 saturated carbocycles. The first-order chi connectivity index (χ1) is 12.0. The van der Waals surface area contributed by atoms with Gasteiger partial charge in [-0.3, -0.25) is 4.79 Å². The number of primary amides is 1. The second-order valence-electron chi connectivity index (χ2n) is 7.18. The molecule has 2 fully saturated rings. The van der Waals surface area contributed by atoms with E-state index in [0.29, 0.717) is 29.7 Å². The molecule has 1 aliphatic heterocycles. The molecule has 0 spiro atoms. The normalized spacial score (nSPS) is 24.4. The number of carbonyl (C=O) groups is 1. The van der Waals surface area contributed by atoms with Gasteiger partial charge < -0.3 is 20.5 Å². The van der Waals surface area contributed by atoms with Gasteiger partial charge in [-0.05, 0) is 62.4 Å². The molecule has 4 rings (SSSR count). The van der Waals surface area contributed by atoms with Gasteiger partial charge >= 0.3 is 0 Å². The number of amides is 1. The van der Waals surface area contributed by atoms with Crippen LogP contribution in [0.2, 0.25) is 0 Å². The van der Waals surface area contributed by atoms with Gasteiger partial charge in [0.15, 0.2) is 0 Å². The summed E-state index contributed by atoms with van der Waals surface area (Å²) < 4.78 is 11.8. The zero-order valence-electron chi connectivity index (χ0n) is 14.5. The molecule has 1 saturated heterocycles. The van der Waals surface area contributed by atoms with Crippen molar-refractivity contribution in [3.63, 3.8) is 0 Å². The number of nitrogens with two attached hydrogens (primary N) is 1. The lowest BCUT2D eigenvalue weighted by atomic mass is 10.1. The third-order valence-corrected chi connectivity index (χ3v) is 5.14. The third-order valence-electron chi connectivity index (χ3n) is 5.14. The molecule has 2 aliphatic rings. The van der Waals surface area contributed by atoms with Crippen LogP contribution in [0.15, 0.2) is 24.4 Å². The maximum absolute atomic E-state index is 11.8. The van der Waals surface area contributed by atoms with Crippen LogP contribution >= 0.6 is 0 Å². The van der Waals surface area contributed by atoms with Gasteiger partial charge in [0, 0.05) is 17.5 Å². The van der Waals surface area contributed by atoms with Crippen LogP contribution in [0, 0.1) is 17.8 Å². The quantitative estimate of drug-likeness (QED) is 0.839. The van der Waals surface area contributed by atoms with Crippen LogP contribution in [0.1, 0.15) is 24.2 Å². The number of rotatable bonds is 6. The molecule has 2 heterocycles. The van der Waals surface area contributed by atoms with Crippen molar-refractivity contribution in [3.05, 3.63) is 30.0 Å². The van der Waals surface area contributed by atoms with Crippen molar-refractivity contribution in [1.29, 1.82) is 0 Å². The number of hydrogen-bond acceptors (Lipinski definition) is 5. The maximum Gasteiger partial charge on any atom is 0.252 e. The number of fused-ring (bicyclic) bond motifs is 2. The lowest BCUT2D eigenvalue weighted by molar-refractivity contribution is 0.0994. The van der Waals surface area contributed by atoms with E-state index >= 15 is 0 Å². The summed E-state index contributed by atoms with van der Waals surface area (Å²) in [5, 5.41) is 5.10. The van der Waals surface area contributed by atoms with Crippen LogP contribution in [-0.4, -0.2) is 36.7 Å². The molecule has 6 heteroatoms.